The molecule has 2 aromatic heterocycles. The lowest BCUT2D eigenvalue weighted by Gasteiger charge is -2.22. The molecule has 8 heteroatoms. The molecule has 4 atom stereocenters. The Hall–Kier alpha value is -1.61. The average molecular weight is 322 g/mol. The second-order valence-corrected chi connectivity index (χ2v) is 5.60. The van der Waals surface area contributed by atoms with Crippen LogP contribution in [0.1, 0.15) is 17.7 Å². The van der Waals surface area contributed by atoms with Crippen molar-refractivity contribution in [3.63, 3.8) is 0 Å². The fourth-order valence-corrected chi connectivity index (χ4v) is 3.15. The van der Waals surface area contributed by atoms with E-state index in [9.17, 15) is 0 Å². The summed E-state index contributed by atoms with van der Waals surface area (Å²) in [6.07, 6.45) is 0.592. The molecule has 0 aliphatic carbocycles. The summed E-state index contributed by atoms with van der Waals surface area (Å²) in [5.41, 5.74) is 2.34. The van der Waals surface area contributed by atoms with Gasteiger partial charge in [0, 0.05) is 21.3 Å². The van der Waals surface area contributed by atoms with Gasteiger partial charge in [0.15, 0.2) is 11.9 Å². The van der Waals surface area contributed by atoms with Gasteiger partial charge in [0.2, 0.25) is 0 Å². The van der Waals surface area contributed by atoms with Crippen LogP contribution in [0.3, 0.4) is 0 Å². The van der Waals surface area contributed by atoms with Gasteiger partial charge in [-0.25, -0.2) is 15.0 Å². The summed E-state index contributed by atoms with van der Waals surface area (Å²) in [7, 11) is 4.93. The second kappa shape index (κ2) is 6.48. The zero-order valence-electron chi connectivity index (χ0n) is 14.0. The van der Waals surface area contributed by atoms with Crippen molar-refractivity contribution in [2.45, 2.75) is 38.4 Å². The Balaban J connectivity index is 2.03. The predicted octanol–water partition coefficient (Wildman–Crippen LogP) is 1.02. The Morgan fingerprint density at radius 3 is 2.52 bits per heavy atom. The maximum absolute atomic E-state index is 6.13. The monoisotopic (exact) mass is 322 g/mol. The Bertz CT molecular complexity index is 689. The van der Waals surface area contributed by atoms with Crippen LogP contribution in [0, 0.1) is 13.8 Å². The van der Waals surface area contributed by atoms with E-state index >= 15 is 0 Å². The topological polar surface area (TPSA) is 80.5 Å². The van der Waals surface area contributed by atoms with Crippen LogP contribution in [0.25, 0.3) is 11.2 Å². The first-order chi connectivity index (χ1) is 11.1. The van der Waals surface area contributed by atoms with Crippen molar-refractivity contribution in [3.8, 4) is 0 Å². The number of rotatable bonds is 5. The molecule has 3 heterocycles. The summed E-state index contributed by atoms with van der Waals surface area (Å²) in [5, 5.41) is 0. The first-order valence-electron chi connectivity index (χ1n) is 7.48. The van der Waals surface area contributed by atoms with Gasteiger partial charge in [-0.05, 0) is 13.8 Å². The number of nitrogens with zero attached hydrogens (tertiary/aromatic N) is 4. The molecule has 0 N–H and O–H groups in total. The molecule has 126 valence electrons. The van der Waals surface area contributed by atoms with Crippen LogP contribution < -0.4 is 0 Å². The highest BCUT2D eigenvalue weighted by atomic mass is 16.6. The minimum Gasteiger partial charge on any atom is -0.382 e. The number of methoxy groups -OCH3 is 3. The SMILES string of the molecule is COCC1OC(n2cnc3c(C)nc(C)nc32)C(OC)C1OC. The molecular formula is C15H22N4O4. The van der Waals surface area contributed by atoms with Gasteiger partial charge in [-0.2, -0.15) is 0 Å². The van der Waals surface area contributed by atoms with E-state index in [0.29, 0.717) is 12.4 Å². The highest BCUT2D eigenvalue weighted by Crippen LogP contribution is 2.35. The Morgan fingerprint density at radius 1 is 1.13 bits per heavy atom. The van der Waals surface area contributed by atoms with Crippen molar-refractivity contribution in [1.29, 1.82) is 0 Å². The van der Waals surface area contributed by atoms with E-state index in [1.54, 1.807) is 27.7 Å². The van der Waals surface area contributed by atoms with Gasteiger partial charge in [-0.15, -0.1) is 0 Å². The van der Waals surface area contributed by atoms with Crippen molar-refractivity contribution >= 4 is 11.2 Å². The Kier molecular flexibility index (Phi) is 4.58. The van der Waals surface area contributed by atoms with E-state index in [0.717, 1.165) is 16.9 Å². The smallest absolute Gasteiger partial charge is 0.166 e. The van der Waals surface area contributed by atoms with Crippen LogP contribution in [0.4, 0.5) is 0 Å². The van der Waals surface area contributed by atoms with Crippen molar-refractivity contribution < 1.29 is 18.9 Å². The van der Waals surface area contributed by atoms with Crippen molar-refractivity contribution in [2.75, 3.05) is 27.9 Å². The van der Waals surface area contributed by atoms with Crippen LogP contribution >= 0.6 is 0 Å². The van der Waals surface area contributed by atoms with Crippen LogP contribution in [-0.4, -0.2) is 65.8 Å². The highest BCUT2D eigenvalue weighted by Gasteiger charge is 2.46. The lowest BCUT2D eigenvalue weighted by atomic mass is 10.1. The molecule has 1 aliphatic rings. The average Bonchev–Trinajstić information content (AvgIpc) is 3.08. The van der Waals surface area contributed by atoms with Crippen LogP contribution in [0.2, 0.25) is 0 Å². The summed E-state index contributed by atoms with van der Waals surface area (Å²) in [5.74, 6) is 0.695. The summed E-state index contributed by atoms with van der Waals surface area (Å²) >= 11 is 0. The highest BCUT2D eigenvalue weighted by molar-refractivity contribution is 5.73. The first-order valence-corrected chi connectivity index (χ1v) is 7.48. The number of aryl methyl sites for hydroxylation is 2. The largest absolute Gasteiger partial charge is 0.382 e. The number of hydrogen-bond acceptors (Lipinski definition) is 7. The van der Waals surface area contributed by atoms with Crippen molar-refractivity contribution in [1.82, 2.24) is 19.5 Å². The van der Waals surface area contributed by atoms with Crippen LogP contribution in [0.5, 0.6) is 0 Å². The molecule has 23 heavy (non-hydrogen) atoms. The van der Waals surface area contributed by atoms with Gasteiger partial charge in [0.05, 0.1) is 18.6 Å². The Labute approximate surface area is 134 Å². The van der Waals surface area contributed by atoms with E-state index in [-0.39, 0.29) is 24.5 Å². The molecule has 0 amide bonds. The van der Waals surface area contributed by atoms with Gasteiger partial charge in [0.1, 0.15) is 29.7 Å². The minimum absolute atomic E-state index is 0.221. The number of imidazole rings is 1. The van der Waals surface area contributed by atoms with Gasteiger partial charge in [0.25, 0.3) is 0 Å². The van der Waals surface area contributed by atoms with E-state index in [1.807, 2.05) is 18.4 Å². The van der Waals surface area contributed by atoms with Gasteiger partial charge < -0.3 is 18.9 Å². The van der Waals surface area contributed by atoms with Crippen molar-refractivity contribution in [3.05, 3.63) is 17.8 Å². The molecule has 0 spiro atoms. The summed E-state index contributed by atoms with van der Waals surface area (Å²) in [4.78, 5) is 13.3. The molecule has 8 nitrogen and oxygen atoms in total. The van der Waals surface area contributed by atoms with Crippen LogP contribution in [0.15, 0.2) is 6.33 Å². The standard InChI is InChI=1S/C15H22N4O4/c1-8-11-14(18-9(2)17-8)19(7-16-11)15-13(22-5)12(21-4)10(23-15)6-20-3/h7,10,12-13,15H,6H2,1-5H3. The van der Waals surface area contributed by atoms with E-state index < -0.39 is 0 Å². The number of hydrogen-bond donors (Lipinski definition) is 0. The lowest BCUT2D eigenvalue weighted by Crippen LogP contribution is -2.36. The number of aromatic nitrogens is 4. The van der Waals surface area contributed by atoms with Gasteiger partial charge in [-0.1, -0.05) is 0 Å². The van der Waals surface area contributed by atoms with E-state index in [2.05, 4.69) is 15.0 Å². The quantitative estimate of drug-likeness (QED) is 0.813. The molecule has 0 radical (unpaired) electrons. The normalized spacial score (nSPS) is 27.9. The molecule has 4 unspecified atom stereocenters. The van der Waals surface area contributed by atoms with Crippen LogP contribution in [-0.2, 0) is 18.9 Å². The number of ether oxygens (including phenoxy) is 4. The third kappa shape index (κ3) is 2.72. The number of fused-ring (bicyclic) bond motifs is 1. The molecule has 1 aliphatic heterocycles. The maximum Gasteiger partial charge on any atom is 0.166 e. The first kappa shape index (κ1) is 16.3. The molecule has 0 saturated carbocycles. The fraction of sp³-hybridized carbons (Fsp3) is 0.667. The third-order valence-corrected chi connectivity index (χ3v) is 4.14. The third-order valence-electron chi connectivity index (χ3n) is 4.14. The van der Waals surface area contributed by atoms with Gasteiger partial charge >= 0.3 is 0 Å². The van der Waals surface area contributed by atoms with Gasteiger partial charge in [-0.3, -0.25) is 4.57 Å². The minimum atomic E-state index is -0.385. The summed E-state index contributed by atoms with van der Waals surface area (Å²) in [6.45, 7) is 4.21. The molecule has 2 aromatic rings. The molecule has 3 rings (SSSR count). The zero-order chi connectivity index (χ0) is 16.6. The lowest BCUT2D eigenvalue weighted by molar-refractivity contribution is -0.0636. The fourth-order valence-electron chi connectivity index (χ4n) is 3.15. The summed E-state index contributed by atoms with van der Waals surface area (Å²) in [6, 6.07) is 0. The predicted molar refractivity (Wildman–Crippen MR) is 82.2 cm³/mol. The molecule has 1 saturated heterocycles. The molecule has 1 fully saturated rings. The van der Waals surface area contributed by atoms with Crippen molar-refractivity contribution in [2.24, 2.45) is 0 Å². The molecule has 0 bridgehead atoms. The summed E-state index contributed by atoms with van der Waals surface area (Å²) < 4.78 is 24.5. The van der Waals surface area contributed by atoms with E-state index in [4.69, 9.17) is 18.9 Å². The molecule has 0 aromatic carbocycles. The van der Waals surface area contributed by atoms with E-state index in [1.165, 1.54) is 0 Å². The zero-order valence-corrected chi connectivity index (χ0v) is 14.0. The Morgan fingerprint density at radius 2 is 1.87 bits per heavy atom. The second-order valence-electron chi connectivity index (χ2n) is 5.60. The molecular weight excluding hydrogens is 300 g/mol. The maximum atomic E-state index is 6.13.